The van der Waals surface area contributed by atoms with E-state index in [9.17, 15) is 4.79 Å². The van der Waals surface area contributed by atoms with Gasteiger partial charge in [-0.1, -0.05) is 53.7 Å². The maximum absolute atomic E-state index is 11.5. The van der Waals surface area contributed by atoms with E-state index in [0.717, 1.165) is 21.0 Å². The van der Waals surface area contributed by atoms with Crippen LogP contribution in [0.5, 0.6) is 5.88 Å². The number of carbonyl (C=O) groups excluding carboxylic acids is 1. The zero-order valence-electron chi connectivity index (χ0n) is 14.3. The zero-order chi connectivity index (χ0) is 18.5. The summed E-state index contributed by atoms with van der Waals surface area (Å²) in [4.78, 5) is 13.3. The molecule has 0 saturated carbocycles. The van der Waals surface area contributed by atoms with Crippen molar-refractivity contribution in [3.63, 3.8) is 0 Å². The molecule has 0 fully saturated rings. The van der Waals surface area contributed by atoms with E-state index in [1.54, 1.807) is 11.7 Å². The number of esters is 1. The summed E-state index contributed by atoms with van der Waals surface area (Å²) < 4.78 is 12.0. The van der Waals surface area contributed by atoms with Crippen molar-refractivity contribution in [2.45, 2.75) is 9.79 Å². The molecule has 0 bridgehead atoms. The van der Waals surface area contributed by atoms with Crippen LogP contribution in [0.15, 0.2) is 64.4 Å². The third kappa shape index (κ3) is 4.20. The Balaban J connectivity index is 2.01. The molecule has 134 valence electrons. The zero-order valence-corrected chi connectivity index (χ0v) is 15.9. The van der Waals surface area contributed by atoms with E-state index in [-0.39, 0.29) is 6.61 Å². The van der Waals surface area contributed by atoms with Crippen LogP contribution in [0.25, 0.3) is 11.3 Å². The second-order valence-electron chi connectivity index (χ2n) is 5.39. The van der Waals surface area contributed by atoms with E-state index in [1.165, 1.54) is 18.9 Å². The van der Waals surface area contributed by atoms with Crippen molar-refractivity contribution in [3.05, 3.63) is 59.6 Å². The number of hydrogen-bond acceptors (Lipinski definition) is 5. The minimum atomic E-state index is -0.449. The predicted octanol–water partition coefficient (Wildman–Crippen LogP) is 4.44. The molecular weight excluding hydrogens is 372 g/mol. The highest BCUT2D eigenvalue weighted by molar-refractivity contribution is 7.99. The second-order valence-corrected chi connectivity index (χ2v) is 6.91. The van der Waals surface area contributed by atoms with Gasteiger partial charge in [0.1, 0.15) is 10.6 Å². The molecule has 0 amide bonds. The van der Waals surface area contributed by atoms with E-state index in [1.807, 2.05) is 54.6 Å². The van der Waals surface area contributed by atoms with E-state index in [0.29, 0.717) is 10.9 Å². The van der Waals surface area contributed by atoms with Crippen molar-refractivity contribution in [1.29, 1.82) is 0 Å². The molecule has 7 heteroatoms. The van der Waals surface area contributed by atoms with Crippen LogP contribution < -0.4 is 4.74 Å². The minimum Gasteiger partial charge on any atom is -0.466 e. The average molecular weight is 389 g/mol. The van der Waals surface area contributed by atoms with Gasteiger partial charge in [-0.25, -0.2) is 9.48 Å². The number of aryl methyl sites for hydroxylation is 1. The van der Waals surface area contributed by atoms with Gasteiger partial charge in [0.15, 0.2) is 6.61 Å². The van der Waals surface area contributed by atoms with E-state index < -0.39 is 5.97 Å². The van der Waals surface area contributed by atoms with Crippen molar-refractivity contribution >= 4 is 29.3 Å². The molecule has 3 rings (SSSR count). The van der Waals surface area contributed by atoms with Crippen LogP contribution in [0.1, 0.15) is 0 Å². The standard InChI is InChI=1S/C19H17ClN2O3S/c1-22-19(25-12-16(23)24-2)18(26-15-10-8-14(20)9-11-15)17(21-22)13-6-4-3-5-7-13/h3-11H,12H2,1-2H3. The van der Waals surface area contributed by atoms with E-state index in [2.05, 4.69) is 9.84 Å². The maximum atomic E-state index is 11.5. The Morgan fingerprint density at radius 3 is 2.50 bits per heavy atom. The van der Waals surface area contributed by atoms with Gasteiger partial charge in [0, 0.05) is 22.5 Å². The number of nitrogens with zero attached hydrogens (tertiary/aromatic N) is 2. The molecule has 1 heterocycles. The Hall–Kier alpha value is -2.44. The third-order valence-corrected chi connectivity index (χ3v) is 4.92. The Bertz CT molecular complexity index is 895. The number of rotatable bonds is 6. The van der Waals surface area contributed by atoms with Gasteiger partial charge in [0.2, 0.25) is 5.88 Å². The van der Waals surface area contributed by atoms with Crippen molar-refractivity contribution < 1.29 is 14.3 Å². The first-order chi connectivity index (χ1) is 12.6. The van der Waals surface area contributed by atoms with Crippen molar-refractivity contribution in [3.8, 4) is 17.1 Å². The Morgan fingerprint density at radius 1 is 1.15 bits per heavy atom. The summed E-state index contributed by atoms with van der Waals surface area (Å²) in [6, 6.07) is 17.3. The number of benzene rings is 2. The molecule has 2 aromatic carbocycles. The summed E-state index contributed by atoms with van der Waals surface area (Å²) in [7, 11) is 3.11. The highest BCUT2D eigenvalue weighted by Gasteiger charge is 2.21. The first kappa shape index (κ1) is 18.4. The molecule has 0 atom stereocenters. The quantitative estimate of drug-likeness (QED) is 0.584. The lowest BCUT2D eigenvalue weighted by atomic mass is 10.1. The lowest BCUT2D eigenvalue weighted by Gasteiger charge is -2.08. The molecule has 0 unspecified atom stereocenters. The number of aromatic nitrogens is 2. The second kappa shape index (κ2) is 8.29. The van der Waals surface area contributed by atoms with E-state index >= 15 is 0 Å². The summed E-state index contributed by atoms with van der Waals surface area (Å²) in [5.74, 6) is 0.0594. The fourth-order valence-electron chi connectivity index (χ4n) is 2.33. The highest BCUT2D eigenvalue weighted by atomic mass is 35.5. The number of ether oxygens (including phenoxy) is 2. The molecule has 0 spiro atoms. The molecule has 0 aliphatic rings. The van der Waals surface area contributed by atoms with Gasteiger partial charge in [-0.05, 0) is 24.3 Å². The molecule has 0 radical (unpaired) electrons. The number of halogens is 1. The van der Waals surface area contributed by atoms with Crippen LogP contribution in [0.3, 0.4) is 0 Å². The lowest BCUT2D eigenvalue weighted by molar-refractivity contribution is -0.143. The normalized spacial score (nSPS) is 10.6. The molecule has 1 aromatic heterocycles. The molecule has 5 nitrogen and oxygen atoms in total. The number of hydrogen-bond donors (Lipinski definition) is 0. The summed E-state index contributed by atoms with van der Waals surface area (Å²) in [5, 5.41) is 5.26. The minimum absolute atomic E-state index is 0.182. The Kier molecular flexibility index (Phi) is 5.85. The van der Waals surface area contributed by atoms with Gasteiger partial charge >= 0.3 is 5.97 Å². The van der Waals surface area contributed by atoms with Gasteiger partial charge in [-0.3, -0.25) is 0 Å². The van der Waals surface area contributed by atoms with Gasteiger partial charge in [0.05, 0.1) is 7.11 Å². The van der Waals surface area contributed by atoms with Gasteiger partial charge < -0.3 is 9.47 Å². The first-order valence-corrected chi connectivity index (χ1v) is 9.03. The van der Waals surface area contributed by atoms with Crippen LogP contribution in [-0.2, 0) is 16.6 Å². The molecule has 0 aliphatic carbocycles. The number of carbonyl (C=O) groups is 1. The summed E-state index contributed by atoms with van der Waals surface area (Å²) in [5.41, 5.74) is 1.75. The molecule has 0 N–H and O–H groups in total. The first-order valence-electron chi connectivity index (χ1n) is 7.84. The monoisotopic (exact) mass is 388 g/mol. The molecule has 26 heavy (non-hydrogen) atoms. The van der Waals surface area contributed by atoms with Crippen molar-refractivity contribution in [2.75, 3.05) is 13.7 Å². The van der Waals surface area contributed by atoms with Crippen LogP contribution in [0.4, 0.5) is 0 Å². The summed E-state index contributed by atoms with van der Waals surface area (Å²) >= 11 is 7.48. The van der Waals surface area contributed by atoms with E-state index in [4.69, 9.17) is 16.3 Å². The topological polar surface area (TPSA) is 53.4 Å². The average Bonchev–Trinajstić information content (AvgIpc) is 2.97. The van der Waals surface area contributed by atoms with Gasteiger partial charge in [-0.15, -0.1) is 0 Å². The molecular formula is C19H17ClN2O3S. The molecule has 3 aromatic rings. The fourth-order valence-corrected chi connectivity index (χ4v) is 3.50. The maximum Gasteiger partial charge on any atom is 0.343 e. The molecule has 0 saturated heterocycles. The van der Waals surface area contributed by atoms with Gasteiger partial charge in [-0.2, -0.15) is 5.10 Å². The van der Waals surface area contributed by atoms with Gasteiger partial charge in [0.25, 0.3) is 0 Å². The van der Waals surface area contributed by atoms with Crippen LogP contribution in [0, 0.1) is 0 Å². The highest BCUT2D eigenvalue weighted by Crippen LogP contribution is 2.42. The predicted molar refractivity (Wildman–Crippen MR) is 102 cm³/mol. The number of methoxy groups -OCH3 is 1. The Labute approximate surface area is 160 Å². The lowest BCUT2D eigenvalue weighted by Crippen LogP contribution is -2.14. The smallest absolute Gasteiger partial charge is 0.343 e. The van der Waals surface area contributed by atoms with Crippen LogP contribution >= 0.6 is 23.4 Å². The van der Waals surface area contributed by atoms with Crippen LogP contribution in [0.2, 0.25) is 5.02 Å². The third-order valence-electron chi connectivity index (χ3n) is 3.59. The SMILES string of the molecule is COC(=O)COc1c(Sc2ccc(Cl)cc2)c(-c2ccccc2)nn1C. The fraction of sp³-hybridized carbons (Fsp3) is 0.158. The summed E-state index contributed by atoms with van der Waals surface area (Å²) in [6.45, 7) is -0.182. The van der Waals surface area contributed by atoms with Crippen LogP contribution in [-0.4, -0.2) is 29.5 Å². The largest absolute Gasteiger partial charge is 0.466 e. The van der Waals surface area contributed by atoms with Crippen molar-refractivity contribution in [1.82, 2.24) is 9.78 Å². The Morgan fingerprint density at radius 2 is 1.85 bits per heavy atom. The van der Waals surface area contributed by atoms with Crippen molar-refractivity contribution in [2.24, 2.45) is 7.05 Å². The molecule has 0 aliphatic heterocycles. The summed E-state index contributed by atoms with van der Waals surface area (Å²) in [6.07, 6.45) is 0.